The van der Waals surface area contributed by atoms with Crippen molar-refractivity contribution in [2.45, 2.75) is 13.3 Å². The summed E-state index contributed by atoms with van der Waals surface area (Å²) in [7, 11) is 0. The van der Waals surface area contributed by atoms with E-state index in [2.05, 4.69) is 0 Å². The van der Waals surface area contributed by atoms with Gasteiger partial charge in [-0.15, -0.1) is 0 Å². The van der Waals surface area contributed by atoms with Crippen molar-refractivity contribution in [1.82, 2.24) is 0 Å². The van der Waals surface area contributed by atoms with Crippen LogP contribution in [0.4, 0.5) is 8.78 Å². The van der Waals surface area contributed by atoms with Gasteiger partial charge in [0.15, 0.2) is 11.6 Å². The molecular formula is C14H12F2. The van der Waals surface area contributed by atoms with E-state index in [4.69, 9.17) is 0 Å². The first-order chi connectivity index (χ1) is 7.72. The van der Waals surface area contributed by atoms with Crippen LogP contribution in [0.1, 0.15) is 12.5 Å². The van der Waals surface area contributed by atoms with Crippen LogP contribution in [-0.2, 0) is 6.42 Å². The summed E-state index contributed by atoms with van der Waals surface area (Å²) in [4.78, 5) is 0. The normalized spacial score (nSPS) is 10.4. The highest BCUT2D eigenvalue weighted by molar-refractivity contribution is 5.67. The van der Waals surface area contributed by atoms with Gasteiger partial charge in [0.2, 0.25) is 0 Å². The molecule has 0 aliphatic rings. The number of benzene rings is 2. The zero-order chi connectivity index (χ0) is 11.5. The second-order valence-corrected chi connectivity index (χ2v) is 3.64. The van der Waals surface area contributed by atoms with Gasteiger partial charge in [-0.2, -0.15) is 0 Å². The smallest absolute Gasteiger partial charge is 0.159 e. The minimum Gasteiger partial charge on any atom is -0.204 e. The van der Waals surface area contributed by atoms with Crippen LogP contribution in [0.15, 0.2) is 42.5 Å². The van der Waals surface area contributed by atoms with E-state index in [1.807, 2.05) is 31.2 Å². The van der Waals surface area contributed by atoms with Gasteiger partial charge in [0.1, 0.15) is 0 Å². The molecule has 0 amide bonds. The first-order valence-corrected chi connectivity index (χ1v) is 5.25. The summed E-state index contributed by atoms with van der Waals surface area (Å²) in [5, 5.41) is 0. The SMILES string of the molecule is CCc1ccccc1-c1ccc(F)c(F)c1. The van der Waals surface area contributed by atoms with E-state index >= 15 is 0 Å². The summed E-state index contributed by atoms with van der Waals surface area (Å²) in [5.41, 5.74) is 2.81. The number of aryl methyl sites for hydroxylation is 1. The van der Waals surface area contributed by atoms with Gasteiger partial charge in [0.25, 0.3) is 0 Å². The fourth-order valence-corrected chi connectivity index (χ4v) is 1.77. The van der Waals surface area contributed by atoms with Crippen LogP contribution in [0.2, 0.25) is 0 Å². The second-order valence-electron chi connectivity index (χ2n) is 3.64. The molecule has 0 nitrogen and oxygen atoms in total. The zero-order valence-electron chi connectivity index (χ0n) is 9.00. The third-order valence-electron chi connectivity index (χ3n) is 2.63. The lowest BCUT2D eigenvalue weighted by molar-refractivity contribution is 0.509. The predicted molar refractivity (Wildman–Crippen MR) is 61.2 cm³/mol. The van der Waals surface area contributed by atoms with Gasteiger partial charge >= 0.3 is 0 Å². The Bertz CT molecular complexity index is 504. The molecule has 0 radical (unpaired) electrons. The first kappa shape index (κ1) is 10.8. The quantitative estimate of drug-likeness (QED) is 0.708. The number of halogens is 2. The molecule has 0 aromatic heterocycles. The molecule has 2 aromatic carbocycles. The van der Waals surface area contributed by atoms with Gasteiger partial charge in [-0.05, 0) is 35.2 Å². The number of hydrogen-bond donors (Lipinski definition) is 0. The summed E-state index contributed by atoms with van der Waals surface area (Å²) in [5.74, 6) is -1.61. The van der Waals surface area contributed by atoms with E-state index < -0.39 is 11.6 Å². The maximum atomic E-state index is 13.1. The molecule has 82 valence electrons. The van der Waals surface area contributed by atoms with Gasteiger partial charge < -0.3 is 0 Å². The Balaban J connectivity index is 2.54. The molecule has 0 fully saturated rings. The molecule has 2 rings (SSSR count). The second kappa shape index (κ2) is 4.44. The molecule has 0 unspecified atom stereocenters. The van der Waals surface area contributed by atoms with E-state index in [-0.39, 0.29) is 0 Å². The highest BCUT2D eigenvalue weighted by Gasteiger charge is 2.06. The minimum atomic E-state index is -0.808. The summed E-state index contributed by atoms with van der Waals surface area (Å²) >= 11 is 0. The van der Waals surface area contributed by atoms with E-state index in [0.29, 0.717) is 0 Å². The van der Waals surface area contributed by atoms with Crippen molar-refractivity contribution in [2.24, 2.45) is 0 Å². The molecule has 0 spiro atoms. The Labute approximate surface area is 93.5 Å². The molecule has 0 aliphatic heterocycles. The van der Waals surface area contributed by atoms with Crippen molar-refractivity contribution in [1.29, 1.82) is 0 Å². The van der Waals surface area contributed by atoms with Crippen LogP contribution < -0.4 is 0 Å². The van der Waals surface area contributed by atoms with Gasteiger partial charge in [-0.25, -0.2) is 8.78 Å². The molecule has 2 aromatic rings. The minimum absolute atomic E-state index is 0.719. The van der Waals surface area contributed by atoms with Gasteiger partial charge in [-0.1, -0.05) is 37.3 Å². The Kier molecular flexibility index (Phi) is 3.00. The van der Waals surface area contributed by atoms with E-state index in [9.17, 15) is 8.78 Å². The van der Waals surface area contributed by atoms with Crippen molar-refractivity contribution >= 4 is 0 Å². The molecule has 0 saturated heterocycles. The molecule has 0 bridgehead atoms. The summed E-state index contributed by atoms with van der Waals surface area (Å²) < 4.78 is 25.9. The molecule has 0 N–H and O–H groups in total. The van der Waals surface area contributed by atoms with Crippen LogP contribution in [0.3, 0.4) is 0 Å². The van der Waals surface area contributed by atoms with Crippen LogP contribution >= 0.6 is 0 Å². The Morgan fingerprint density at radius 1 is 0.938 bits per heavy atom. The largest absolute Gasteiger partial charge is 0.204 e. The molecule has 2 heteroatoms. The Morgan fingerprint density at radius 2 is 1.69 bits per heavy atom. The lowest BCUT2D eigenvalue weighted by Gasteiger charge is -2.07. The third-order valence-corrected chi connectivity index (χ3v) is 2.63. The summed E-state index contributed by atoms with van der Waals surface area (Å²) in [6.07, 6.45) is 0.870. The van der Waals surface area contributed by atoms with E-state index in [1.165, 1.54) is 6.07 Å². The standard InChI is InChI=1S/C14H12F2/c1-2-10-5-3-4-6-12(10)11-7-8-13(15)14(16)9-11/h3-9H,2H2,1H3. The Hall–Kier alpha value is -1.70. The third kappa shape index (κ3) is 1.96. The maximum Gasteiger partial charge on any atom is 0.159 e. The van der Waals surface area contributed by atoms with Crippen LogP contribution in [0.5, 0.6) is 0 Å². The van der Waals surface area contributed by atoms with Crippen molar-refractivity contribution < 1.29 is 8.78 Å². The summed E-state index contributed by atoms with van der Waals surface area (Å²) in [6.45, 7) is 2.04. The van der Waals surface area contributed by atoms with Gasteiger partial charge in [-0.3, -0.25) is 0 Å². The molecule has 0 heterocycles. The van der Waals surface area contributed by atoms with Crippen LogP contribution in [-0.4, -0.2) is 0 Å². The predicted octanol–water partition coefficient (Wildman–Crippen LogP) is 4.19. The summed E-state index contributed by atoms with van der Waals surface area (Å²) in [6, 6.07) is 11.8. The van der Waals surface area contributed by atoms with E-state index in [1.54, 1.807) is 6.07 Å². The fraction of sp³-hybridized carbons (Fsp3) is 0.143. The first-order valence-electron chi connectivity index (χ1n) is 5.25. The molecule has 0 aliphatic carbocycles. The lowest BCUT2D eigenvalue weighted by Crippen LogP contribution is -1.89. The monoisotopic (exact) mass is 218 g/mol. The molecule has 16 heavy (non-hydrogen) atoms. The van der Waals surface area contributed by atoms with Crippen molar-refractivity contribution in [3.05, 3.63) is 59.7 Å². The van der Waals surface area contributed by atoms with Gasteiger partial charge in [0, 0.05) is 0 Å². The lowest BCUT2D eigenvalue weighted by atomic mass is 9.98. The van der Waals surface area contributed by atoms with Crippen LogP contribution in [0.25, 0.3) is 11.1 Å². The number of rotatable bonds is 2. The highest BCUT2D eigenvalue weighted by atomic mass is 19.2. The molecule has 0 saturated carbocycles. The topological polar surface area (TPSA) is 0 Å². The zero-order valence-corrected chi connectivity index (χ0v) is 9.00. The van der Waals surface area contributed by atoms with Crippen molar-refractivity contribution in [3.63, 3.8) is 0 Å². The van der Waals surface area contributed by atoms with Crippen molar-refractivity contribution in [2.75, 3.05) is 0 Å². The van der Waals surface area contributed by atoms with E-state index in [0.717, 1.165) is 29.2 Å². The maximum absolute atomic E-state index is 13.1. The van der Waals surface area contributed by atoms with Crippen LogP contribution in [0, 0.1) is 11.6 Å². The average molecular weight is 218 g/mol. The Morgan fingerprint density at radius 3 is 2.38 bits per heavy atom. The highest BCUT2D eigenvalue weighted by Crippen LogP contribution is 2.25. The fourth-order valence-electron chi connectivity index (χ4n) is 1.77. The molecule has 0 atom stereocenters. The molecular weight excluding hydrogens is 206 g/mol. The number of hydrogen-bond acceptors (Lipinski definition) is 0. The van der Waals surface area contributed by atoms with Gasteiger partial charge in [0.05, 0.1) is 0 Å². The average Bonchev–Trinajstić information content (AvgIpc) is 2.32. The van der Waals surface area contributed by atoms with Crippen molar-refractivity contribution in [3.8, 4) is 11.1 Å².